The van der Waals surface area contributed by atoms with Gasteiger partial charge in [-0.1, -0.05) is 106 Å². The van der Waals surface area contributed by atoms with Crippen LogP contribution in [0.25, 0.3) is 0 Å². The quantitative estimate of drug-likeness (QED) is 0.642. The number of hydrogen-bond donors (Lipinski definition) is 1. The van der Waals surface area contributed by atoms with Gasteiger partial charge in [0.2, 0.25) is 5.60 Å². The lowest BCUT2D eigenvalue weighted by atomic mass is 9.86. The summed E-state index contributed by atoms with van der Waals surface area (Å²) in [5.41, 5.74) is 1.27. The van der Waals surface area contributed by atoms with E-state index in [0.29, 0.717) is 11.1 Å². The van der Waals surface area contributed by atoms with E-state index in [1.807, 2.05) is 36.4 Å². The first-order valence-electron chi connectivity index (χ1n) is 9.42. The first kappa shape index (κ1) is 19.8. The smallest absolute Gasteiger partial charge is 0.348 e. The number of ether oxygens (including phenoxy) is 1. The predicted octanol–water partition coefficient (Wildman–Crippen LogP) is 4.96. The maximum Gasteiger partial charge on any atom is 0.348 e. The van der Waals surface area contributed by atoms with E-state index >= 15 is 0 Å². The van der Waals surface area contributed by atoms with Gasteiger partial charge < -0.3 is 9.84 Å². The number of benzene rings is 3. The Balaban J connectivity index is 1.83. The van der Waals surface area contributed by atoms with Crippen molar-refractivity contribution in [3.05, 3.63) is 107 Å². The SMILES string of the molecule is CC(C)(C)c1ccc(COC(=O)C(O)(c2ccccc2)c2ccccc2)cc1. The van der Waals surface area contributed by atoms with Gasteiger partial charge in [-0.25, -0.2) is 4.79 Å². The molecular formula is C25H26O3. The molecule has 0 atom stereocenters. The van der Waals surface area contributed by atoms with Crippen molar-refractivity contribution in [2.75, 3.05) is 0 Å². The zero-order valence-electron chi connectivity index (χ0n) is 16.6. The summed E-state index contributed by atoms with van der Waals surface area (Å²) in [4.78, 5) is 13.0. The maximum atomic E-state index is 13.0. The van der Waals surface area contributed by atoms with Gasteiger partial charge in [-0.05, 0) is 27.7 Å². The number of carbonyl (C=O) groups is 1. The van der Waals surface area contributed by atoms with Crippen molar-refractivity contribution >= 4 is 5.97 Å². The van der Waals surface area contributed by atoms with Gasteiger partial charge in [0, 0.05) is 0 Å². The molecule has 3 nitrogen and oxygen atoms in total. The molecule has 0 aliphatic rings. The molecule has 0 radical (unpaired) electrons. The first-order chi connectivity index (χ1) is 13.3. The van der Waals surface area contributed by atoms with Crippen LogP contribution in [0, 0.1) is 0 Å². The van der Waals surface area contributed by atoms with Gasteiger partial charge in [-0.2, -0.15) is 0 Å². The van der Waals surface area contributed by atoms with Crippen molar-refractivity contribution in [1.29, 1.82) is 0 Å². The molecule has 3 heteroatoms. The summed E-state index contributed by atoms with van der Waals surface area (Å²) in [6.45, 7) is 6.57. The summed E-state index contributed by atoms with van der Waals surface area (Å²) in [6, 6.07) is 25.8. The van der Waals surface area contributed by atoms with Gasteiger partial charge in [0.25, 0.3) is 0 Å². The molecule has 0 heterocycles. The highest BCUT2D eigenvalue weighted by atomic mass is 16.5. The standard InChI is InChI=1S/C25H26O3/c1-24(2,3)20-16-14-19(15-17-20)18-28-23(26)25(27,21-10-6-4-7-11-21)22-12-8-5-9-13-22/h4-17,27H,18H2,1-3H3. The second-order valence-electron chi connectivity index (χ2n) is 7.97. The van der Waals surface area contributed by atoms with Crippen LogP contribution in [0.3, 0.4) is 0 Å². The summed E-state index contributed by atoms with van der Waals surface area (Å²) in [5.74, 6) is -0.690. The lowest BCUT2D eigenvalue weighted by Crippen LogP contribution is -2.38. The summed E-state index contributed by atoms with van der Waals surface area (Å²) in [7, 11) is 0. The van der Waals surface area contributed by atoms with Crippen molar-refractivity contribution in [3.63, 3.8) is 0 Å². The highest BCUT2D eigenvalue weighted by Gasteiger charge is 2.41. The lowest BCUT2D eigenvalue weighted by molar-refractivity contribution is -0.163. The Morgan fingerprint density at radius 3 is 1.64 bits per heavy atom. The third-order valence-corrected chi connectivity index (χ3v) is 4.87. The molecule has 0 aromatic heterocycles. The summed E-state index contributed by atoms with van der Waals surface area (Å²) in [6.07, 6.45) is 0. The van der Waals surface area contributed by atoms with Crippen LogP contribution in [0.5, 0.6) is 0 Å². The number of hydrogen-bond acceptors (Lipinski definition) is 3. The molecule has 0 bridgehead atoms. The number of rotatable bonds is 5. The molecule has 0 saturated heterocycles. The topological polar surface area (TPSA) is 46.5 Å². The van der Waals surface area contributed by atoms with Crippen LogP contribution in [-0.2, 0) is 27.2 Å². The lowest BCUT2D eigenvalue weighted by Gasteiger charge is -2.27. The Kier molecular flexibility index (Phi) is 5.66. The van der Waals surface area contributed by atoms with Crippen LogP contribution in [0.2, 0.25) is 0 Å². The Labute approximate surface area is 166 Å². The van der Waals surface area contributed by atoms with Gasteiger partial charge in [0.1, 0.15) is 6.61 Å². The minimum Gasteiger partial charge on any atom is -0.458 e. The van der Waals surface area contributed by atoms with Crippen molar-refractivity contribution in [2.45, 2.75) is 38.4 Å². The zero-order valence-corrected chi connectivity index (χ0v) is 16.6. The Morgan fingerprint density at radius 2 is 1.21 bits per heavy atom. The number of esters is 1. The highest BCUT2D eigenvalue weighted by molar-refractivity contribution is 5.85. The molecule has 0 spiro atoms. The van der Waals surface area contributed by atoms with E-state index < -0.39 is 11.6 Å². The van der Waals surface area contributed by atoms with Gasteiger partial charge >= 0.3 is 5.97 Å². The second-order valence-corrected chi connectivity index (χ2v) is 7.97. The molecule has 28 heavy (non-hydrogen) atoms. The Bertz CT molecular complexity index is 868. The molecule has 0 aliphatic carbocycles. The van der Waals surface area contributed by atoms with Gasteiger partial charge in [-0.3, -0.25) is 0 Å². The van der Waals surface area contributed by atoms with Gasteiger partial charge in [0.05, 0.1) is 0 Å². The molecule has 0 unspecified atom stereocenters. The number of carbonyl (C=O) groups excluding carboxylic acids is 1. The minimum atomic E-state index is -1.85. The Hall–Kier alpha value is -2.91. The normalized spacial score (nSPS) is 11.9. The molecule has 3 rings (SSSR count). The van der Waals surface area contributed by atoms with Crippen LogP contribution < -0.4 is 0 Å². The predicted molar refractivity (Wildman–Crippen MR) is 111 cm³/mol. The van der Waals surface area contributed by atoms with Crippen molar-refractivity contribution in [2.24, 2.45) is 0 Å². The molecule has 0 aliphatic heterocycles. The van der Waals surface area contributed by atoms with Crippen LogP contribution in [0.1, 0.15) is 43.0 Å². The largest absolute Gasteiger partial charge is 0.458 e. The van der Waals surface area contributed by atoms with E-state index in [1.165, 1.54) is 5.56 Å². The molecule has 3 aromatic rings. The van der Waals surface area contributed by atoms with E-state index in [1.54, 1.807) is 48.5 Å². The molecule has 144 valence electrons. The summed E-state index contributed by atoms with van der Waals surface area (Å²) in [5, 5.41) is 11.4. The van der Waals surface area contributed by atoms with E-state index in [0.717, 1.165) is 5.56 Å². The van der Waals surface area contributed by atoms with Crippen LogP contribution in [0.4, 0.5) is 0 Å². The molecular weight excluding hydrogens is 348 g/mol. The third-order valence-electron chi connectivity index (χ3n) is 4.87. The van der Waals surface area contributed by atoms with Gasteiger partial charge in [-0.15, -0.1) is 0 Å². The maximum absolute atomic E-state index is 13.0. The monoisotopic (exact) mass is 374 g/mol. The minimum absolute atomic E-state index is 0.0656. The fourth-order valence-corrected chi connectivity index (χ4v) is 3.12. The fraction of sp³-hybridized carbons (Fsp3) is 0.240. The molecule has 1 N–H and O–H groups in total. The third kappa shape index (κ3) is 4.15. The number of aliphatic hydroxyl groups is 1. The second kappa shape index (κ2) is 7.99. The zero-order chi connectivity index (χ0) is 20.2. The van der Waals surface area contributed by atoms with E-state index in [2.05, 4.69) is 20.8 Å². The highest BCUT2D eigenvalue weighted by Crippen LogP contribution is 2.31. The van der Waals surface area contributed by atoms with Crippen molar-refractivity contribution in [3.8, 4) is 0 Å². The average Bonchev–Trinajstić information content (AvgIpc) is 2.72. The van der Waals surface area contributed by atoms with Gasteiger partial charge in [0.15, 0.2) is 0 Å². The van der Waals surface area contributed by atoms with E-state index in [9.17, 15) is 9.90 Å². The van der Waals surface area contributed by atoms with Crippen molar-refractivity contribution in [1.82, 2.24) is 0 Å². The molecule has 0 amide bonds. The van der Waals surface area contributed by atoms with Crippen LogP contribution in [-0.4, -0.2) is 11.1 Å². The fourth-order valence-electron chi connectivity index (χ4n) is 3.12. The first-order valence-corrected chi connectivity index (χ1v) is 9.42. The Morgan fingerprint density at radius 1 is 0.750 bits per heavy atom. The van der Waals surface area contributed by atoms with Crippen LogP contribution in [0.15, 0.2) is 84.9 Å². The van der Waals surface area contributed by atoms with E-state index in [-0.39, 0.29) is 12.0 Å². The van der Waals surface area contributed by atoms with Crippen molar-refractivity contribution < 1.29 is 14.6 Å². The molecule has 3 aromatic carbocycles. The molecule has 0 saturated carbocycles. The summed E-state index contributed by atoms with van der Waals surface area (Å²) < 4.78 is 5.54. The van der Waals surface area contributed by atoms with E-state index in [4.69, 9.17) is 4.74 Å². The summed E-state index contributed by atoms with van der Waals surface area (Å²) >= 11 is 0. The molecule has 0 fully saturated rings. The van der Waals surface area contributed by atoms with Crippen LogP contribution >= 0.6 is 0 Å². The average molecular weight is 374 g/mol.